The molecule has 0 amide bonds. The Morgan fingerprint density at radius 2 is 1.92 bits per heavy atom. The Bertz CT molecular complexity index is 715. The molecule has 3 nitrogen and oxygen atoms in total. The number of halogens is 4. The quantitative estimate of drug-likeness (QED) is 0.681. The molecule has 0 unspecified atom stereocenters. The Kier molecular flexibility index (Phi) is 6.99. The highest BCUT2D eigenvalue weighted by Gasteiger charge is 2.30. The standard InChI is InChI=1S/C19H21F4NO2/c1-2-16(11-25)24-10-14-6-7-17(9-18(14)20)26-12-13-4-3-5-15(8-13)19(21,22)23/h3-9,16,24-25H,2,10-12H2,1H3/t16-/m1/s1. The lowest BCUT2D eigenvalue weighted by Gasteiger charge is -2.15. The van der Waals surface area contributed by atoms with Gasteiger partial charge in [-0.1, -0.05) is 25.1 Å². The van der Waals surface area contributed by atoms with E-state index >= 15 is 0 Å². The van der Waals surface area contributed by atoms with Gasteiger partial charge in [0.15, 0.2) is 0 Å². The summed E-state index contributed by atoms with van der Waals surface area (Å²) in [6, 6.07) is 9.03. The van der Waals surface area contributed by atoms with Crippen LogP contribution in [0.4, 0.5) is 17.6 Å². The van der Waals surface area contributed by atoms with Gasteiger partial charge >= 0.3 is 6.18 Å². The van der Waals surface area contributed by atoms with Gasteiger partial charge in [0.05, 0.1) is 12.2 Å². The number of aliphatic hydroxyl groups excluding tert-OH is 1. The average Bonchev–Trinajstić information content (AvgIpc) is 2.61. The molecule has 0 radical (unpaired) electrons. The summed E-state index contributed by atoms with van der Waals surface area (Å²) in [7, 11) is 0. The Labute approximate surface area is 149 Å². The smallest absolute Gasteiger partial charge is 0.416 e. The summed E-state index contributed by atoms with van der Waals surface area (Å²) in [5, 5.41) is 12.2. The van der Waals surface area contributed by atoms with E-state index in [1.54, 1.807) is 12.1 Å². The van der Waals surface area contributed by atoms with E-state index in [0.717, 1.165) is 18.6 Å². The molecule has 2 aromatic carbocycles. The molecule has 0 heterocycles. The van der Waals surface area contributed by atoms with Crippen LogP contribution in [0, 0.1) is 5.82 Å². The summed E-state index contributed by atoms with van der Waals surface area (Å²) in [6.07, 6.45) is -3.70. The van der Waals surface area contributed by atoms with Crippen LogP contribution in [0.15, 0.2) is 42.5 Å². The van der Waals surface area contributed by atoms with Gasteiger partial charge in [0.2, 0.25) is 0 Å². The molecular weight excluding hydrogens is 350 g/mol. The third-order valence-corrected chi connectivity index (χ3v) is 3.98. The van der Waals surface area contributed by atoms with Crippen LogP contribution in [0.25, 0.3) is 0 Å². The maximum absolute atomic E-state index is 14.1. The SMILES string of the molecule is CC[C@H](CO)NCc1ccc(OCc2cccc(C(F)(F)F)c2)cc1F. The molecule has 0 fully saturated rings. The van der Waals surface area contributed by atoms with E-state index in [2.05, 4.69) is 5.32 Å². The molecule has 7 heteroatoms. The first kappa shape index (κ1) is 20.2. The Morgan fingerprint density at radius 1 is 1.15 bits per heavy atom. The number of nitrogens with one attached hydrogen (secondary N) is 1. The van der Waals surface area contributed by atoms with Crippen molar-refractivity contribution in [2.75, 3.05) is 6.61 Å². The summed E-state index contributed by atoms with van der Waals surface area (Å²) in [5.74, 6) is -0.246. The van der Waals surface area contributed by atoms with Crippen molar-refractivity contribution in [1.29, 1.82) is 0 Å². The maximum Gasteiger partial charge on any atom is 0.416 e. The van der Waals surface area contributed by atoms with Crippen LogP contribution in [-0.4, -0.2) is 17.8 Å². The number of hydrogen-bond acceptors (Lipinski definition) is 3. The summed E-state index contributed by atoms with van der Waals surface area (Å²) >= 11 is 0. The number of ether oxygens (including phenoxy) is 1. The number of aliphatic hydroxyl groups is 1. The topological polar surface area (TPSA) is 41.5 Å². The van der Waals surface area contributed by atoms with E-state index < -0.39 is 17.6 Å². The van der Waals surface area contributed by atoms with Crippen molar-refractivity contribution >= 4 is 0 Å². The number of rotatable bonds is 8. The molecule has 0 bridgehead atoms. The summed E-state index contributed by atoms with van der Waals surface area (Å²) in [6.45, 7) is 2.05. The molecule has 0 saturated heterocycles. The van der Waals surface area contributed by atoms with E-state index in [4.69, 9.17) is 9.84 Å². The predicted molar refractivity (Wildman–Crippen MR) is 90.2 cm³/mol. The third-order valence-electron chi connectivity index (χ3n) is 3.98. The van der Waals surface area contributed by atoms with Crippen LogP contribution in [0.5, 0.6) is 5.75 Å². The highest BCUT2D eigenvalue weighted by molar-refractivity contribution is 5.30. The van der Waals surface area contributed by atoms with Gasteiger partial charge in [-0.3, -0.25) is 0 Å². The molecule has 0 aliphatic carbocycles. The average molecular weight is 371 g/mol. The van der Waals surface area contributed by atoms with E-state index in [0.29, 0.717) is 11.1 Å². The Hall–Kier alpha value is -2.12. The summed E-state index contributed by atoms with van der Waals surface area (Å²) in [4.78, 5) is 0. The monoisotopic (exact) mass is 371 g/mol. The van der Waals surface area contributed by atoms with Crippen molar-refractivity contribution in [3.05, 3.63) is 65.0 Å². The molecule has 2 aromatic rings. The zero-order valence-electron chi connectivity index (χ0n) is 14.3. The number of hydrogen-bond donors (Lipinski definition) is 2. The van der Waals surface area contributed by atoms with Gasteiger partial charge in [-0.05, 0) is 30.2 Å². The van der Waals surface area contributed by atoms with Gasteiger partial charge < -0.3 is 15.2 Å². The lowest BCUT2D eigenvalue weighted by atomic mass is 10.1. The van der Waals surface area contributed by atoms with Crippen molar-refractivity contribution in [2.24, 2.45) is 0 Å². The zero-order valence-corrected chi connectivity index (χ0v) is 14.3. The normalized spacial score (nSPS) is 12.8. The largest absolute Gasteiger partial charge is 0.489 e. The molecule has 0 aromatic heterocycles. The van der Waals surface area contributed by atoms with E-state index in [1.165, 1.54) is 18.2 Å². The first-order chi connectivity index (χ1) is 12.3. The second kappa shape index (κ2) is 9.00. The minimum absolute atomic E-state index is 0.0314. The molecule has 1 atom stereocenters. The highest BCUT2D eigenvalue weighted by Crippen LogP contribution is 2.29. The Morgan fingerprint density at radius 3 is 2.54 bits per heavy atom. The highest BCUT2D eigenvalue weighted by atomic mass is 19.4. The lowest BCUT2D eigenvalue weighted by molar-refractivity contribution is -0.137. The van der Waals surface area contributed by atoms with Crippen LogP contribution in [-0.2, 0) is 19.3 Å². The zero-order chi connectivity index (χ0) is 19.2. The fourth-order valence-corrected chi connectivity index (χ4v) is 2.36. The molecular formula is C19H21F4NO2. The molecule has 2 rings (SSSR count). The van der Waals surface area contributed by atoms with E-state index in [1.807, 2.05) is 6.92 Å². The van der Waals surface area contributed by atoms with Crippen molar-refractivity contribution in [3.63, 3.8) is 0 Å². The van der Waals surface area contributed by atoms with E-state index in [-0.39, 0.29) is 31.5 Å². The first-order valence-electron chi connectivity index (χ1n) is 8.25. The summed E-state index contributed by atoms with van der Waals surface area (Å²) in [5.41, 5.74) is 0.0172. The Balaban J connectivity index is 1.97. The fraction of sp³-hybridized carbons (Fsp3) is 0.368. The molecule has 0 aliphatic rings. The van der Waals surface area contributed by atoms with Crippen LogP contribution in [0.1, 0.15) is 30.0 Å². The lowest BCUT2D eigenvalue weighted by Crippen LogP contribution is -2.31. The van der Waals surface area contributed by atoms with Crippen LogP contribution in [0.3, 0.4) is 0 Å². The van der Waals surface area contributed by atoms with Crippen LogP contribution >= 0.6 is 0 Å². The van der Waals surface area contributed by atoms with Crippen molar-refractivity contribution in [1.82, 2.24) is 5.32 Å². The van der Waals surface area contributed by atoms with Crippen LogP contribution < -0.4 is 10.1 Å². The number of benzene rings is 2. The second-order valence-corrected chi connectivity index (χ2v) is 5.91. The maximum atomic E-state index is 14.1. The minimum atomic E-state index is -4.41. The van der Waals surface area contributed by atoms with Crippen molar-refractivity contribution in [3.8, 4) is 5.75 Å². The van der Waals surface area contributed by atoms with Gasteiger partial charge in [0, 0.05) is 24.2 Å². The summed E-state index contributed by atoms with van der Waals surface area (Å²) < 4.78 is 57.6. The van der Waals surface area contributed by atoms with Gasteiger partial charge in [-0.2, -0.15) is 13.2 Å². The molecule has 2 N–H and O–H groups in total. The molecule has 0 aliphatic heterocycles. The van der Waals surface area contributed by atoms with Crippen LogP contribution in [0.2, 0.25) is 0 Å². The fourth-order valence-electron chi connectivity index (χ4n) is 2.36. The first-order valence-corrected chi connectivity index (χ1v) is 8.25. The molecule has 26 heavy (non-hydrogen) atoms. The van der Waals surface area contributed by atoms with Crippen molar-refractivity contribution in [2.45, 2.75) is 38.7 Å². The number of alkyl halides is 3. The third kappa shape index (κ3) is 5.71. The van der Waals surface area contributed by atoms with Gasteiger partial charge in [-0.15, -0.1) is 0 Å². The van der Waals surface area contributed by atoms with Gasteiger partial charge in [-0.25, -0.2) is 4.39 Å². The van der Waals surface area contributed by atoms with Gasteiger partial charge in [0.25, 0.3) is 0 Å². The minimum Gasteiger partial charge on any atom is -0.489 e. The molecule has 0 spiro atoms. The second-order valence-electron chi connectivity index (χ2n) is 5.91. The predicted octanol–water partition coefficient (Wildman–Crippen LogP) is 4.28. The van der Waals surface area contributed by atoms with Crippen molar-refractivity contribution < 1.29 is 27.4 Å². The van der Waals surface area contributed by atoms with E-state index in [9.17, 15) is 17.6 Å². The molecule has 0 saturated carbocycles. The molecule has 142 valence electrons. The van der Waals surface area contributed by atoms with Gasteiger partial charge in [0.1, 0.15) is 18.2 Å².